The zero-order valence-corrected chi connectivity index (χ0v) is 9.55. The lowest BCUT2D eigenvalue weighted by Gasteiger charge is -2.45. The molecule has 3 rings (SSSR count). The molecular weight excluding hydrogens is 207 g/mol. The lowest BCUT2D eigenvalue weighted by atomic mass is 9.60. The van der Waals surface area contributed by atoms with E-state index >= 15 is 0 Å². The highest BCUT2D eigenvalue weighted by Gasteiger charge is 2.42. The van der Waals surface area contributed by atoms with Gasteiger partial charge in [0.25, 0.3) is 0 Å². The highest BCUT2D eigenvalue weighted by atomic mass is 19.1. The van der Waals surface area contributed by atoms with Crippen LogP contribution < -0.4 is 9.47 Å². The molecule has 0 amide bonds. The van der Waals surface area contributed by atoms with Crippen LogP contribution >= 0.6 is 0 Å². The maximum Gasteiger partial charge on any atom is 0.231 e. The molecule has 0 N–H and O–H groups in total. The van der Waals surface area contributed by atoms with Crippen molar-refractivity contribution in [3.63, 3.8) is 0 Å². The largest absolute Gasteiger partial charge is 0.453 e. The molecule has 0 saturated heterocycles. The third kappa shape index (κ3) is 1.24. The van der Waals surface area contributed by atoms with Gasteiger partial charge < -0.3 is 9.47 Å². The topological polar surface area (TPSA) is 18.5 Å². The molecule has 2 nitrogen and oxygen atoms in total. The van der Waals surface area contributed by atoms with E-state index in [-0.39, 0.29) is 18.0 Å². The Morgan fingerprint density at radius 3 is 2.62 bits per heavy atom. The van der Waals surface area contributed by atoms with Gasteiger partial charge in [-0.25, -0.2) is 4.39 Å². The first-order valence-corrected chi connectivity index (χ1v) is 5.67. The normalized spacial score (nSPS) is 25.3. The van der Waals surface area contributed by atoms with Gasteiger partial charge in [0.2, 0.25) is 12.5 Å². The zero-order chi connectivity index (χ0) is 11.3. The Morgan fingerprint density at radius 1 is 1.25 bits per heavy atom. The molecule has 1 atom stereocenters. The maximum absolute atomic E-state index is 13.4. The second-order valence-corrected chi connectivity index (χ2v) is 5.28. The van der Waals surface area contributed by atoms with E-state index in [2.05, 4.69) is 13.8 Å². The third-order valence-electron chi connectivity index (χ3n) is 3.90. The van der Waals surface area contributed by atoms with E-state index < -0.39 is 0 Å². The van der Waals surface area contributed by atoms with Crippen molar-refractivity contribution >= 4 is 0 Å². The van der Waals surface area contributed by atoms with Gasteiger partial charge in [0, 0.05) is 5.56 Å². The van der Waals surface area contributed by atoms with Gasteiger partial charge in [-0.3, -0.25) is 0 Å². The van der Waals surface area contributed by atoms with E-state index in [1.807, 2.05) is 6.07 Å². The second kappa shape index (κ2) is 3.12. The van der Waals surface area contributed by atoms with Gasteiger partial charge in [-0.05, 0) is 30.2 Å². The number of rotatable bonds is 1. The van der Waals surface area contributed by atoms with Crippen molar-refractivity contribution in [1.29, 1.82) is 0 Å². The van der Waals surface area contributed by atoms with Crippen LogP contribution in [0.15, 0.2) is 12.1 Å². The van der Waals surface area contributed by atoms with Gasteiger partial charge in [-0.15, -0.1) is 0 Å². The molecule has 1 aromatic carbocycles. The summed E-state index contributed by atoms with van der Waals surface area (Å²) in [5, 5.41) is 0. The van der Waals surface area contributed by atoms with E-state index in [4.69, 9.17) is 9.47 Å². The summed E-state index contributed by atoms with van der Waals surface area (Å²) in [4.78, 5) is 0. The molecule has 3 heteroatoms. The highest BCUT2D eigenvalue weighted by Crippen LogP contribution is 2.56. The molecule has 1 aliphatic heterocycles. The molecular formula is C13H15FO2. The van der Waals surface area contributed by atoms with Gasteiger partial charge in [0.15, 0.2) is 11.6 Å². The van der Waals surface area contributed by atoms with E-state index in [0.29, 0.717) is 17.4 Å². The van der Waals surface area contributed by atoms with Crippen LogP contribution in [0.1, 0.15) is 38.2 Å². The minimum atomic E-state index is -0.326. The van der Waals surface area contributed by atoms with Crippen LogP contribution in [-0.4, -0.2) is 6.79 Å². The van der Waals surface area contributed by atoms with Gasteiger partial charge in [-0.1, -0.05) is 19.9 Å². The van der Waals surface area contributed by atoms with E-state index in [9.17, 15) is 4.39 Å². The Labute approximate surface area is 94.4 Å². The molecule has 0 bridgehead atoms. The van der Waals surface area contributed by atoms with Crippen LogP contribution in [0.4, 0.5) is 4.39 Å². The van der Waals surface area contributed by atoms with Gasteiger partial charge in [0.05, 0.1) is 0 Å². The van der Waals surface area contributed by atoms with Gasteiger partial charge >= 0.3 is 0 Å². The van der Waals surface area contributed by atoms with Crippen molar-refractivity contribution in [2.24, 2.45) is 5.41 Å². The molecule has 16 heavy (non-hydrogen) atoms. The Kier molecular flexibility index (Phi) is 1.94. The third-order valence-corrected chi connectivity index (χ3v) is 3.90. The van der Waals surface area contributed by atoms with Crippen molar-refractivity contribution in [2.45, 2.75) is 32.6 Å². The summed E-state index contributed by atoms with van der Waals surface area (Å²) >= 11 is 0. The van der Waals surface area contributed by atoms with Crippen LogP contribution in [-0.2, 0) is 0 Å². The summed E-state index contributed by atoms with van der Waals surface area (Å²) in [5.74, 6) is 1.05. The lowest BCUT2D eigenvalue weighted by Crippen LogP contribution is -2.32. The van der Waals surface area contributed by atoms with Crippen LogP contribution in [0.3, 0.4) is 0 Å². The molecule has 2 aliphatic rings. The fourth-order valence-corrected chi connectivity index (χ4v) is 2.70. The average molecular weight is 222 g/mol. The molecule has 0 spiro atoms. The Balaban J connectivity index is 2.06. The molecule has 1 aliphatic carbocycles. The van der Waals surface area contributed by atoms with Crippen molar-refractivity contribution in [3.8, 4) is 11.5 Å². The summed E-state index contributed by atoms with van der Waals surface area (Å²) in [6.45, 7) is 4.62. The SMILES string of the molecule is CC1(C)CCC1c1ccc(F)c2c1OCO2. The first-order valence-electron chi connectivity index (χ1n) is 5.67. The van der Waals surface area contributed by atoms with Crippen molar-refractivity contribution < 1.29 is 13.9 Å². The Hall–Kier alpha value is -1.25. The Bertz CT molecular complexity index is 440. The number of hydrogen-bond donors (Lipinski definition) is 0. The molecule has 1 fully saturated rings. The smallest absolute Gasteiger partial charge is 0.231 e. The summed E-state index contributed by atoms with van der Waals surface area (Å²) in [6, 6.07) is 3.33. The Morgan fingerprint density at radius 2 is 2.00 bits per heavy atom. The first kappa shape index (κ1) is 9.94. The predicted molar refractivity (Wildman–Crippen MR) is 58.3 cm³/mol. The van der Waals surface area contributed by atoms with Gasteiger partial charge in [0.1, 0.15) is 0 Å². The van der Waals surface area contributed by atoms with Gasteiger partial charge in [-0.2, -0.15) is 0 Å². The highest BCUT2D eigenvalue weighted by molar-refractivity contribution is 5.51. The molecule has 0 radical (unpaired) electrons. The molecule has 86 valence electrons. The first-order chi connectivity index (χ1) is 7.59. The van der Waals surface area contributed by atoms with Crippen molar-refractivity contribution in [3.05, 3.63) is 23.5 Å². The fraction of sp³-hybridized carbons (Fsp3) is 0.538. The van der Waals surface area contributed by atoms with Crippen LogP contribution in [0, 0.1) is 11.2 Å². The number of benzene rings is 1. The monoisotopic (exact) mass is 222 g/mol. The molecule has 1 heterocycles. The standard InChI is InChI=1S/C13H15FO2/c1-13(2)6-5-9(13)8-3-4-10(14)12-11(8)15-7-16-12/h3-4,9H,5-7H2,1-2H3. The zero-order valence-electron chi connectivity index (χ0n) is 9.55. The summed E-state index contributed by atoms with van der Waals surface area (Å²) in [6.07, 6.45) is 2.36. The molecule has 1 aromatic rings. The fourth-order valence-electron chi connectivity index (χ4n) is 2.70. The minimum absolute atomic E-state index is 0.135. The van der Waals surface area contributed by atoms with E-state index in [1.165, 1.54) is 12.5 Å². The van der Waals surface area contributed by atoms with E-state index in [0.717, 1.165) is 12.0 Å². The number of fused-ring (bicyclic) bond motifs is 1. The summed E-state index contributed by atoms with van der Waals surface area (Å²) in [5.41, 5.74) is 1.39. The summed E-state index contributed by atoms with van der Waals surface area (Å²) in [7, 11) is 0. The van der Waals surface area contributed by atoms with Crippen LogP contribution in [0.25, 0.3) is 0 Å². The number of halogens is 1. The minimum Gasteiger partial charge on any atom is -0.453 e. The van der Waals surface area contributed by atoms with E-state index in [1.54, 1.807) is 0 Å². The maximum atomic E-state index is 13.4. The van der Waals surface area contributed by atoms with Crippen molar-refractivity contribution in [2.75, 3.05) is 6.79 Å². The summed E-state index contributed by atoms with van der Waals surface area (Å²) < 4.78 is 24.0. The molecule has 0 aromatic heterocycles. The van der Waals surface area contributed by atoms with Crippen LogP contribution in [0.2, 0.25) is 0 Å². The predicted octanol–water partition coefficient (Wildman–Crippen LogP) is 3.46. The number of ether oxygens (including phenoxy) is 2. The average Bonchev–Trinajstić information content (AvgIpc) is 2.70. The molecule has 1 unspecified atom stereocenters. The number of hydrogen-bond acceptors (Lipinski definition) is 2. The molecule has 1 saturated carbocycles. The lowest BCUT2D eigenvalue weighted by molar-refractivity contribution is 0.132. The second-order valence-electron chi connectivity index (χ2n) is 5.28. The van der Waals surface area contributed by atoms with Crippen LogP contribution in [0.5, 0.6) is 11.5 Å². The van der Waals surface area contributed by atoms with Crippen molar-refractivity contribution in [1.82, 2.24) is 0 Å². The quantitative estimate of drug-likeness (QED) is 0.724.